The maximum Gasteiger partial charge on any atom is 0.343 e. The van der Waals surface area contributed by atoms with Crippen LogP contribution in [0.5, 0.6) is 0 Å². The topological polar surface area (TPSA) is 82.6 Å². The van der Waals surface area contributed by atoms with Crippen molar-refractivity contribution in [3.63, 3.8) is 0 Å². The van der Waals surface area contributed by atoms with Crippen molar-refractivity contribution in [2.24, 2.45) is 0 Å². The molecule has 1 aliphatic rings. The lowest BCUT2D eigenvalue weighted by Crippen LogP contribution is -2.34. The van der Waals surface area contributed by atoms with Gasteiger partial charge >= 0.3 is 5.69 Å². The SMILES string of the molecule is Cc1cc(CN2CCC(c3n[nH]c(=O)n3Cc3ccccc3)CC2)n[nH]1. The Morgan fingerprint density at radius 1 is 1.08 bits per heavy atom. The van der Waals surface area contributed by atoms with Gasteiger partial charge in [0.1, 0.15) is 5.82 Å². The van der Waals surface area contributed by atoms with E-state index in [0.717, 1.165) is 55.3 Å². The molecule has 0 saturated carbocycles. The first-order valence-electron chi connectivity index (χ1n) is 9.11. The summed E-state index contributed by atoms with van der Waals surface area (Å²) < 4.78 is 1.78. The highest BCUT2D eigenvalue weighted by molar-refractivity contribution is 5.16. The van der Waals surface area contributed by atoms with Gasteiger partial charge in [0.25, 0.3) is 0 Å². The summed E-state index contributed by atoms with van der Waals surface area (Å²) in [5, 5.41) is 14.3. The summed E-state index contributed by atoms with van der Waals surface area (Å²) in [5.74, 6) is 1.20. The van der Waals surface area contributed by atoms with E-state index in [9.17, 15) is 4.79 Å². The Bertz CT molecular complexity index is 902. The van der Waals surface area contributed by atoms with Gasteiger partial charge in [-0.1, -0.05) is 30.3 Å². The van der Waals surface area contributed by atoms with Gasteiger partial charge in [-0.2, -0.15) is 10.2 Å². The Morgan fingerprint density at radius 3 is 2.54 bits per heavy atom. The standard InChI is InChI=1S/C19H24N6O/c1-14-11-17(21-20-14)13-24-9-7-16(8-10-24)18-22-23-19(26)25(18)12-15-5-3-2-4-6-15/h2-6,11,16H,7-10,12-13H2,1H3,(H,20,21)(H,23,26). The van der Waals surface area contributed by atoms with Crippen LogP contribution in [0.2, 0.25) is 0 Å². The average molecular weight is 352 g/mol. The molecule has 1 aliphatic heterocycles. The first kappa shape index (κ1) is 16.8. The van der Waals surface area contributed by atoms with Crippen LogP contribution in [0.1, 0.15) is 41.5 Å². The van der Waals surface area contributed by atoms with Crippen LogP contribution in [-0.2, 0) is 13.1 Å². The first-order valence-corrected chi connectivity index (χ1v) is 9.11. The maximum atomic E-state index is 12.2. The second-order valence-electron chi connectivity index (χ2n) is 7.05. The Labute approximate surface area is 152 Å². The molecule has 1 saturated heterocycles. The summed E-state index contributed by atoms with van der Waals surface area (Å²) in [5.41, 5.74) is 3.17. The third-order valence-electron chi connectivity index (χ3n) is 5.07. The van der Waals surface area contributed by atoms with Gasteiger partial charge in [-0.05, 0) is 44.5 Å². The van der Waals surface area contributed by atoms with E-state index in [0.29, 0.717) is 12.5 Å². The number of piperidine rings is 1. The molecule has 3 aromatic rings. The van der Waals surface area contributed by atoms with Crippen molar-refractivity contribution in [3.05, 3.63) is 69.7 Å². The smallest absolute Gasteiger partial charge is 0.297 e. The van der Waals surface area contributed by atoms with Gasteiger partial charge in [0.05, 0.1) is 12.2 Å². The minimum Gasteiger partial charge on any atom is -0.297 e. The summed E-state index contributed by atoms with van der Waals surface area (Å²) in [6, 6.07) is 12.1. The average Bonchev–Trinajstić information content (AvgIpc) is 3.23. The Hall–Kier alpha value is -2.67. The van der Waals surface area contributed by atoms with Crippen LogP contribution >= 0.6 is 0 Å². The zero-order chi connectivity index (χ0) is 17.9. The predicted molar refractivity (Wildman–Crippen MR) is 99.0 cm³/mol. The molecule has 2 aromatic heterocycles. The zero-order valence-electron chi connectivity index (χ0n) is 15.0. The Kier molecular flexibility index (Phi) is 4.71. The van der Waals surface area contributed by atoms with Gasteiger partial charge in [-0.25, -0.2) is 9.89 Å². The predicted octanol–water partition coefficient (Wildman–Crippen LogP) is 2.03. The molecule has 1 aromatic carbocycles. The van der Waals surface area contributed by atoms with Crippen molar-refractivity contribution in [1.29, 1.82) is 0 Å². The first-order chi connectivity index (χ1) is 12.7. The van der Waals surface area contributed by atoms with Crippen molar-refractivity contribution in [1.82, 2.24) is 29.9 Å². The molecular weight excluding hydrogens is 328 g/mol. The second kappa shape index (κ2) is 7.29. The number of H-pyrrole nitrogens is 2. The van der Waals surface area contributed by atoms with E-state index in [1.807, 2.05) is 37.3 Å². The van der Waals surface area contributed by atoms with Crippen LogP contribution < -0.4 is 5.69 Å². The minimum atomic E-state index is -0.127. The third kappa shape index (κ3) is 3.62. The van der Waals surface area contributed by atoms with Crippen molar-refractivity contribution in [2.45, 2.75) is 38.8 Å². The molecule has 0 unspecified atom stereocenters. The highest BCUT2D eigenvalue weighted by Crippen LogP contribution is 2.27. The molecule has 0 atom stereocenters. The van der Waals surface area contributed by atoms with Crippen LogP contribution in [-0.4, -0.2) is 43.0 Å². The zero-order valence-corrected chi connectivity index (χ0v) is 15.0. The lowest BCUT2D eigenvalue weighted by atomic mass is 9.95. The number of benzene rings is 1. The van der Waals surface area contributed by atoms with Crippen molar-refractivity contribution >= 4 is 0 Å². The fourth-order valence-electron chi connectivity index (χ4n) is 3.69. The van der Waals surface area contributed by atoms with Gasteiger partial charge < -0.3 is 0 Å². The molecule has 3 heterocycles. The molecule has 0 radical (unpaired) electrons. The number of nitrogens with zero attached hydrogens (tertiary/aromatic N) is 4. The largest absolute Gasteiger partial charge is 0.343 e. The Morgan fingerprint density at radius 2 is 1.85 bits per heavy atom. The quantitative estimate of drug-likeness (QED) is 0.736. The molecule has 0 bridgehead atoms. The molecule has 0 aliphatic carbocycles. The lowest BCUT2D eigenvalue weighted by Gasteiger charge is -2.31. The number of likely N-dealkylation sites (tertiary alicyclic amines) is 1. The van der Waals surface area contributed by atoms with E-state index in [-0.39, 0.29) is 5.69 Å². The number of aryl methyl sites for hydroxylation is 1. The van der Waals surface area contributed by atoms with E-state index in [1.165, 1.54) is 0 Å². The van der Waals surface area contributed by atoms with Crippen LogP contribution in [0.3, 0.4) is 0 Å². The highest BCUT2D eigenvalue weighted by atomic mass is 16.1. The highest BCUT2D eigenvalue weighted by Gasteiger charge is 2.25. The molecule has 2 N–H and O–H groups in total. The Balaban J connectivity index is 1.42. The summed E-state index contributed by atoms with van der Waals surface area (Å²) in [6.45, 7) is 5.44. The van der Waals surface area contributed by atoms with Crippen molar-refractivity contribution in [2.75, 3.05) is 13.1 Å². The molecule has 1 fully saturated rings. The summed E-state index contributed by atoms with van der Waals surface area (Å²) in [4.78, 5) is 14.6. The van der Waals surface area contributed by atoms with E-state index >= 15 is 0 Å². The number of rotatable bonds is 5. The lowest BCUT2D eigenvalue weighted by molar-refractivity contribution is 0.198. The minimum absolute atomic E-state index is 0.127. The van der Waals surface area contributed by atoms with Gasteiger partial charge in [0.15, 0.2) is 0 Å². The van der Waals surface area contributed by atoms with E-state index in [4.69, 9.17) is 0 Å². The van der Waals surface area contributed by atoms with Gasteiger partial charge in [0, 0.05) is 18.2 Å². The normalized spacial score (nSPS) is 16.2. The molecule has 0 spiro atoms. The number of hydrogen-bond donors (Lipinski definition) is 2. The van der Waals surface area contributed by atoms with Crippen LogP contribution in [0, 0.1) is 6.92 Å². The number of aromatic nitrogens is 5. The van der Waals surface area contributed by atoms with E-state index in [2.05, 4.69) is 31.4 Å². The summed E-state index contributed by atoms with van der Waals surface area (Å²) in [6.07, 6.45) is 2.00. The van der Waals surface area contributed by atoms with Gasteiger partial charge in [-0.3, -0.25) is 14.6 Å². The van der Waals surface area contributed by atoms with Gasteiger partial charge in [-0.15, -0.1) is 0 Å². The molecule has 4 rings (SSSR count). The summed E-state index contributed by atoms with van der Waals surface area (Å²) >= 11 is 0. The molecule has 0 amide bonds. The van der Waals surface area contributed by atoms with Crippen LogP contribution in [0.25, 0.3) is 0 Å². The molecule has 7 nitrogen and oxygen atoms in total. The molecule has 7 heteroatoms. The maximum absolute atomic E-state index is 12.2. The fourth-order valence-corrected chi connectivity index (χ4v) is 3.69. The van der Waals surface area contributed by atoms with Crippen LogP contribution in [0.15, 0.2) is 41.2 Å². The number of aromatic amines is 2. The summed E-state index contributed by atoms with van der Waals surface area (Å²) in [7, 11) is 0. The van der Waals surface area contributed by atoms with Crippen molar-refractivity contribution < 1.29 is 0 Å². The monoisotopic (exact) mass is 352 g/mol. The molecule has 136 valence electrons. The second-order valence-corrected chi connectivity index (χ2v) is 7.05. The van der Waals surface area contributed by atoms with E-state index < -0.39 is 0 Å². The molecule has 26 heavy (non-hydrogen) atoms. The van der Waals surface area contributed by atoms with Gasteiger partial charge in [0.2, 0.25) is 0 Å². The third-order valence-corrected chi connectivity index (χ3v) is 5.07. The van der Waals surface area contributed by atoms with Crippen LogP contribution in [0.4, 0.5) is 0 Å². The van der Waals surface area contributed by atoms with E-state index in [1.54, 1.807) is 4.57 Å². The molecular formula is C19H24N6O. The number of nitrogens with one attached hydrogen (secondary N) is 2. The fraction of sp³-hybridized carbons (Fsp3) is 0.421. The number of hydrogen-bond acceptors (Lipinski definition) is 4. The van der Waals surface area contributed by atoms with Crippen molar-refractivity contribution in [3.8, 4) is 0 Å².